The van der Waals surface area contributed by atoms with Gasteiger partial charge >= 0.3 is 11.7 Å². The van der Waals surface area contributed by atoms with Crippen LogP contribution in [0.5, 0.6) is 0 Å². The molecule has 0 unspecified atom stereocenters. The van der Waals surface area contributed by atoms with Crippen LogP contribution in [0.15, 0.2) is 58.5 Å². The monoisotopic (exact) mass is 395 g/mol. The Morgan fingerprint density at radius 2 is 1.83 bits per heavy atom. The molecule has 29 heavy (non-hydrogen) atoms. The molecule has 3 aromatic rings. The summed E-state index contributed by atoms with van der Waals surface area (Å²) in [6.45, 7) is 0. The first-order valence-electron chi connectivity index (χ1n) is 8.59. The summed E-state index contributed by atoms with van der Waals surface area (Å²) in [5, 5.41) is 0. The molecule has 2 N–H and O–H groups in total. The topological polar surface area (TPSA) is 136 Å². The number of aryl methyl sites for hydroxylation is 1. The minimum atomic E-state index is -0.827. The van der Waals surface area contributed by atoms with Gasteiger partial charge in [-0.1, -0.05) is 30.3 Å². The van der Waals surface area contributed by atoms with E-state index in [1.54, 1.807) is 0 Å². The van der Waals surface area contributed by atoms with Crippen molar-refractivity contribution in [1.82, 2.24) is 19.6 Å². The first-order chi connectivity index (χ1) is 14.0. The molecule has 10 heteroatoms. The number of ether oxygens (including phenoxy) is 1. The third kappa shape index (κ3) is 4.61. The van der Waals surface area contributed by atoms with Gasteiger partial charge in [0.1, 0.15) is 0 Å². The van der Waals surface area contributed by atoms with Crippen molar-refractivity contribution >= 4 is 11.9 Å². The first kappa shape index (κ1) is 19.7. The highest BCUT2D eigenvalue weighted by Gasteiger charge is 2.14. The van der Waals surface area contributed by atoms with Crippen LogP contribution in [0, 0.1) is 0 Å². The minimum Gasteiger partial charge on any atom is -0.469 e. The van der Waals surface area contributed by atoms with Crippen LogP contribution >= 0.6 is 0 Å². The lowest BCUT2D eigenvalue weighted by Crippen LogP contribution is -2.44. The van der Waals surface area contributed by atoms with Gasteiger partial charge in [0.15, 0.2) is 5.82 Å². The second-order valence-electron chi connectivity index (χ2n) is 5.94. The number of nitrogens with one attached hydrogen (secondary N) is 2. The molecule has 0 aliphatic carbocycles. The number of benzene rings is 1. The predicted octanol–water partition coefficient (Wildman–Crippen LogP) is 0.483. The van der Waals surface area contributed by atoms with Crippen LogP contribution < -0.4 is 16.7 Å². The second kappa shape index (κ2) is 8.74. The molecule has 0 atom stereocenters. The summed E-state index contributed by atoms with van der Waals surface area (Å²) >= 11 is 0. The Labute approximate surface area is 164 Å². The van der Waals surface area contributed by atoms with Gasteiger partial charge in [0, 0.05) is 36.1 Å². The molecule has 2 heterocycles. The van der Waals surface area contributed by atoms with E-state index in [1.807, 2.05) is 30.3 Å². The molecule has 148 valence electrons. The molecule has 0 spiro atoms. The number of hydrogen-bond acceptors (Lipinski definition) is 7. The highest BCUT2D eigenvalue weighted by atomic mass is 16.5. The van der Waals surface area contributed by atoms with Crippen molar-refractivity contribution < 1.29 is 14.3 Å². The quantitative estimate of drug-likeness (QED) is 0.580. The number of nitrogens with zero attached hydrogens (tertiary/aromatic N) is 3. The molecule has 10 nitrogen and oxygen atoms in total. The van der Waals surface area contributed by atoms with Gasteiger partial charge in [0.2, 0.25) is 0 Å². The van der Waals surface area contributed by atoms with Crippen molar-refractivity contribution in [2.24, 2.45) is 0 Å². The first-order valence-corrected chi connectivity index (χ1v) is 8.59. The summed E-state index contributed by atoms with van der Waals surface area (Å²) < 4.78 is 5.07. The summed E-state index contributed by atoms with van der Waals surface area (Å²) in [4.78, 5) is 58.7. The molecule has 3 rings (SSSR count). The highest BCUT2D eigenvalue weighted by Crippen LogP contribution is 2.13. The largest absolute Gasteiger partial charge is 0.469 e. The third-order valence-corrected chi connectivity index (χ3v) is 4.04. The number of rotatable bonds is 6. The van der Waals surface area contributed by atoms with Crippen molar-refractivity contribution in [1.29, 1.82) is 0 Å². The van der Waals surface area contributed by atoms with Crippen molar-refractivity contribution in [3.8, 4) is 11.4 Å². The SMILES string of the molecule is COC(=O)CCc1c[nH]c(=O)n(NC(=O)c2cnc(-c3ccccc3)nc2)c1=O. The number of aromatic nitrogens is 4. The van der Waals surface area contributed by atoms with Gasteiger partial charge in [-0.3, -0.25) is 19.8 Å². The molecule has 1 aromatic carbocycles. The zero-order valence-corrected chi connectivity index (χ0v) is 15.4. The van der Waals surface area contributed by atoms with E-state index in [9.17, 15) is 19.2 Å². The van der Waals surface area contributed by atoms with Crippen molar-refractivity contribution in [2.75, 3.05) is 12.5 Å². The van der Waals surface area contributed by atoms with Gasteiger partial charge in [0.05, 0.1) is 12.7 Å². The van der Waals surface area contributed by atoms with Gasteiger partial charge in [-0.05, 0) is 6.42 Å². The lowest BCUT2D eigenvalue weighted by Gasteiger charge is -2.08. The lowest BCUT2D eigenvalue weighted by atomic mass is 10.2. The van der Waals surface area contributed by atoms with E-state index in [-0.39, 0.29) is 24.0 Å². The van der Waals surface area contributed by atoms with Crippen LogP contribution in [-0.2, 0) is 16.0 Å². The van der Waals surface area contributed by atoms with E-state index in [0.29, 0.717) is 10.5 Å². The maximum absolute atomic E-state index is 12.4. The average molecular weight is 395 g/mol. The third-order valence-electron chi connectivity index (χ3n) is 4.04. The van der Waals surface area contributed by atoms with Gasteiger partial charge in [-0.25, -0.2) is 14.8 Å². The Morgan fingerprint density at radius 1 is 1.14 bits per heavy atom. The fourth-order valence-electron chi connectivity index (χ4n) is 2.48. The van der Waals surface area contributed by atoms with Crippen LogP contribution in [0.3, 0.4) is 0 Å². The maximum atomic E-state index is 12.4. The second-order valence-corrected chi connectivity index (χ2v) is 5.94. The molecule has 1 amide bonds. The molecule has 0 saturated heterocycles. The van der Waals surface area contributed by atoms with Gasteiger partial charge < -0.3 is 9.72 Å². The van der Waals surface area contributed by atoms with Crippen molar-refractivity contribution in [3.05, 3.63) is 80.9 Å². The number of H-pyrrole nitrogens is 1. The fourth-order valence-corrected chi connectivity index (χ4v) is 2.48. The summed E-state index contributed by atoms with van der Waals surface area (Å²) in [7, 11) is 1.23. The van der Waals surface area contributed by atoms with E-state index in [1.165, 1.54) is 25.7 Å². The number of methoxy groups -OCH3 is 1. The lowest BCUT2D eigenvalue weighted by molar-refractivity contribution is -0.140. The maximum Gasteiger partial charge on any atom is 0.347 e. The summed E-state index contributed by atoms with van der Waals surface area (Å²) in [5.74, 6) is -0.800. The predicted molar refractivity (Wildman–Crippen MR) is 103 cm³/mol. The zero-order valence-electron chi connectivity index (χ0n) is 15.4. The van der Waals surface area contributed by atoms with Crippen LogP contribution in [-0.4, -0.2) is 38.6 Å². The molecule has 0 saturated carbocycles. The number of esters is 1. The molecular weight excluding hydrogens is 378 g/mol. The Balaban J connectivity index is 1.79. The fraction of sp³-hybridized carbons (Fsp3) is 0.158. The number of carbonyl (C=O) groups excluding carboxylic acids is 2. The Bertz CT molecular complexity index is 1140. The normalized spacial score (nSPS) is 10.4. The van der Waals surface area contributed by atoms with Crippen LogP contribution in [0.1, 0.15) is 22.3 Å². The minimum absolute atomic E-state index is 0.0412. The Kier molecular flexibility index (Phi) is 5.93. The number of carbonyl (C=O) groups is 2. The molecule has 0 bridgehead atoms. The molecule has 0 fully saturated rings. The Hall–Kier alpha value is -4.08. The zero-order chi connectivity index (χ0) is 20.8. The van der Waals surface area contributed by atoms with Gasteiger partial charge in [-0.2, -0.15) is 4.68 Å². The van der Waals surface area contributed by atoms with Crippen LogP contribution in [0.4, 0.5) is 0 Å². The average Bonchev–Trinajstić information content (AvgIpc) is 2.76. The number of amides is 1. The van der Waals surface area contributed by atoms with E-state index in [0.717, 1.165) is 5.56 Å². The van der Waals surface area contributed by atoms with Crippen LogP contribution in [0.2, 0.25) is 0 Å². The van der Waals surface area contributed by atoms with E-state index in [4.69, 9.17) is 0 Å². The number of hydrogen-bond donors (Lipinski definition) is 2. The van der Waals surface area contributed by atoms with E-state index >= 15 is 0 Å². The van der Waals surface area contributed by atoms with Gasteiger partial charge in [-0.15, -0.1) is 0 Å². The van der Waals surface area contributed by atoms with Crippen molar-refractivity contribution in [2.45, 2.75) is 12.8 Å². The summed E-state index contributed by atoms with van der Waals surface area (Å²) in [5.41, 5.74) is 1.64. The van der Waals surface area contributed by atoms with E-state index in [2.05, 4.69) is 25.1 Å². The summed E-state index contributed by atoms with van der Waals surface area (Å²) in [6, 6.07) is 9.19. The van der Waals surface area contributed by atoms with Crippen molar-refractivity contribution in [3.63, 3.8) is 0 Å². The molecule has 2 aromatic heterocycles. The smallest absolute Gasteiger partial charge is 0.347 e. The molecule has 0 radical (unpaired) electrons. The van der Waals surface area contributed by atoms with Gasteiger partial charge in [0.25, 0.3) is 11.5 Å². The van der Waals surface area contributed by atoms with Crippen LogP contribution in [0.25, 0.3) is 11.4 Å². The van der Waals surface area contributed by atoms with E-state index < -0.39 is 23.1 Å². The highest BCUT2D eigenvalue weighted by molar-refractivity contribution is 5.99. The molecule has 0 aliphatic heterocycles. The molecule has 0 aliphatic rings. The standard InChI is InChI=1S/C19H17N5O5/c1-29-15(25)8-7-13-9-22-19(28)24(18(13)27)23-17(26)14-10-20-16(21-11-14)12-5-3-2-4-6-12/h2-6,9-11H,7-8H2,1H3,(H,22,28)(H,23,26). The number of aromatic amines is 1. The molecular formula is C19H17N5O5. The Morgan fingerprint density at radius 3 is 2.48 bits per heavy atom. The summed E-state index contributed by atoms with van der Waals surface area (Å²) in [6.07, 6.45) is 3.80.